The highest BCUT2D eigenvalue weighted by Gasteiger charge is 2.38. The molecule has 4 rings (SSSR count). The van der Waals surface area contributed by atoms with Crippen LogP contribution in [-0.2, 0) is 4.79 Å². The molecule has 28 heavy (non-hydrogen) atoms. The Morgan fingerprint density at radius 3 is 2.32 bits per heavy atom. The normalized spacial score (nSPS) is 21.3. The van der Waals surface area contributed by atoms with Crippen molar-refractivity contribution in [2.75, 3.05) is 0 Å². The predicted molar refractivity (Wildman–Crippen MR) is 118 cm³/mol. The van der Waals surface area contributed by atoms with Gasteiger partial charge in [0.15, 0.2) is 5.17 Å². The fourth-order valence-electron chi connectivity index (χ4n) is 3.66. The van der Waals surface area contributed by atoms with Gasteiger partial charge in [-0.15, -0.1) is 0 Å². The Morgan fingerprint density at radius 1 is 0.929 bits per heavy atom. The van der Waals surface area contributed by atoms with Crippen LogP contribution in [0.2, 0.25) is 0 Å². The van der Waals surface area contributed by atoms with Crippen LogP contribution in [0.1, 0.15) is 37.7 Å². The summed E-state index contributed by atoms with van der Waals surface area (Å²) in [4.78, 5) is 20.7. The molecule has 0 atom stereocenters. The van der Waals surface area contributed by atoms with Crippen molar-refractivity contribution in [1.82, 2.24) is 4.90 Å². The van der Waals surface area contributed by atoms with Gasteiger partial charge in [0, 0.05) is 6.04 Å². The van der Waals surface area contributed by atoms with Crippen LogP contribution in [0.3, 0.4) is 0 Å². The van der Waals surface area contributed by atoms with E-state index in [1.54, 1.807) is 0 Å². The topological polar surface area (TPSA) is 32.7 Å². The van der Waals surface area contributed by atoms with E-state index in [0.717, 1.165) is 34.2 Å². The standard InChI is InChI=1S/C24H24N2OS/c27-23-22(18-10-13-19-11-4-1-5-12-19)28-24(25-20-14-6-2-7-15-20)26(23)21-16-8-3-9-17-21/h1-2,4-7,10-15,18,21H,3,8-9,16-17H2/b13-10+,22-18+,25-24?. The molecule has 0 spiro atoms. The quantitative estimate of drug-likeness (QED) is 0.586. The lowest BCUT2D eigenvalue weighted by atomic mass is 9.94. The Bertz CT molecular complexity index is 897. The zero-order valence-electron chi connectivity index (χ0n) is 15.8. The molecule has 3 nitrogen and oxygen atoms in total. The zero-order chi connectivity index (χ0) is 19.2. The highest BCUT2D eigenvalue weighted by molar-refractivity contribution is 8.18. The number of rotatable bonds is 4. The van der Waals surface area contributed by atoms with E-state index >= 15 is 0 Å². The van der Waals surface area contributed by atoms with Crippen molar-refractivity contribution in [3.05, 3.63) is 83.3 Å². The highest BCUT2D eigenvalue weighted by atomic mass is 32.2. The number of allylic oxidation sites excluding steroid dienone is 2. The second-order valence-electron chi connectivity index (χ2n) is 7.10. The number of para-hydroxylation sites is 1. The number of carbonyl (C=O) groups is 1. The lowest BCUT2D eigenvalue weighted by molar-refractivity contribution is -0.124. The van der Waals surface area contributed by atoms with Gasteiger partial charge in [-0.25, -0.2) is 4.99 Å². The maximum atomic E-state index is 13.2. The third-order valence-corrected chi connectivity index (χ3v) is 6.09. The van der Waals surface area contributed by atoms with Crippen LogP contribution in [-0.4, -0.2) is 22.0 Å². The molecule has 1 aliphatic heterocycles. The van der Waals surface area contributed by atoms with Crippen molar-refractivity contribution in [3.63, 3.8) is 0 Å². The van der Waals surface area contributed by atoms with Crippen LogP contribution < -0.4 is 0 Å². The summed E-state index contributed by atoms with van der Waals surface area (Å²) < 4.78 is 0. The first-order chi connectivity index (χ1) is 13.8. The Labute approximate surface area is 170 Å². The third-order valence-electron chi connectivity index (χ3n) is 5.09. The molecule has 0 bridgehead atoms. The minimum atomic E-state index is 0.0873. The number of hydrogen-bond donors (Lipinski definition) is 0. The van der Waals surface area contributed by atoms with Crippen LogP contribution in [0, 0.1) is 0 Å². The number of amidine groups is 1. The van der Waals surface area contributed by atoms with E-state index in [9.17, 15) is 4.79 Å². The van der Waals surface area contributed by atoms with E-state index in [4.69, 9.17) is 4.99 Å². The smallest absolute Gasteiger partial charge is 0.266 e. The lowest BCUT2D eigenvalue weighted by Crippen LogP contribution is -2.40. The number of benzene rings is 2. The molecule has 2 aromatic carbocycles. The van der Waals surface area contributed by atoms with Gasteiger partial charge in [-0.05, 0) is 48.4 Å². The van der Waals surface area contributed by atoms with Gasteiger partial charge < -0.3 is 0 Å². The summed E-state index contributed by atoms with van der Waals surface area (Å²) in [6, 6.07) is 20.3. The van der Waals surface area contributed by atoms with Gasteiger partial charge in [0.25, 0.3) is 5.91 Å². The minimum Gasteiger partial charge on any atom is -0.283 e. The largest absolute Gasteiger partial charge is 0.283 e. The summed E-state index contributed by atoms with van der Waals surface area (Å²) in [7, 11) is 0. The molecule has 1 saturated heterocycles. The molecule has 1 saturated carbocycles. The lowest BCUT2D eigenvalue weighted by Gasteiger charge is -2.30. The summed E-state index contributed by atoms with van der Waals surface area (Å²) in [6.07, 6.45) is 11.7. The van der Waals surface area contributed by atoms with Gasteiger partial charge in [0.05, 0.1) is 10.6 Å². The summed E-state index contributed by atoms with van der Waals surface area (Å²) >= 11 is 1.49. The number of thioether (sulfide) groups is 1. The first kappa shape index (κ1) is 18.8. The van der Waals surface area contributed by atoms with Crippen molar-refractivity contribution in [1.29, 1.82) is 0 Å². The number of carbonyl (C=O) groups excluding carboxylic acids is 1. The molecule has 1 aliphatic carbocycles. The molecule has 0 N–H and O–H groups in total. The Balaban J connectivity index is 1.61. The van der Waals surface area contributed by atoms with Crippen LogP contribution in [0.5, 0.6) is 0 Å². The Hall–Kier alpha value is -2.59. The van der Waals surface area contributed by atoms with Crippen molar-refractivity contribution in [2.45, 2.75) is 38.1 Å². The van der Waals surface area contributed by atoms with Gasteiger partial charge in [0.1, 0.15) is 0 Å². The summed E-state index contributed by atoms with van der Waals surface area (Å²) in [5.41, 5.74) is 2.01. The number of amides is 1. The molecule has 0 aromatic heterocycles. The number of nitrogens with zero attached hydrogens (tertiary/aromatic N) is 2. The second-order valence-corrected chi connectivity index (χ2v) is 8.11. The summed E-state index contributed by atoms with van der Waals surface area (Å²) in [5.74, 6) is 0.0873. The first-order valence-electron chi connectivity index (χ1n) is 9.90. The van der Waals surface area contributed by atoms with E-state index in [0.29, 0.717) is 0 Å². The monoisotopic (exact) mass is 388 g/mol. The van der Waals surface area contributed by atoms with Gasteiger partial charge >= 0.3 is 0 Å². The molecule has 4 heteroatoms. The second kappa shape index (κ2) is 9.07. The maximum Gasteiger partial charge on any atom is 0.266 e. The molecule has 2 fully saturated rings. The van der Waals surface area contributed by atoms with E-state index in [1.807, 2.05) is 71.7 Å². The van der Waals surface area contributed by atoms with Gasteiger partial charge in [0.2, 0.25) is 0 Å². The molecule has 0 radical (unpaired) electrons. The molecule has 1 heterocycles. The highest BCUT2D eigenvalue weighted by Crippen LogP contribution is 2.37. The molecule has 0 unspecified atom stereocenters. The zero-order valence-corrected chi connectivity index (χ0v) is 16.6. The summed E-state index contributed by atoms with van der Waals surface area (Å²) in [5, 5.41) is 0.808. The van der Waals surface area contributed by atoms with E-state index < -0.39 is 0 Å². The van der Waals surface area contributed by atoms with Crippen LogP contribution in [0.4, 0.5) is 5.69 Å². The van der Waals surface area contributed by atoms with Crippen LogP contribution >= 0.6 is 11.8 Å². The first-order valence-corrected chi connectivity index (χ1v) is 10.7. The summed E-state index contributed by atoms with van der Waals surface area (Å²) in [6.45, 7) is 0. The number of hydrogen-bond acceptors (Lipinski definition) is 3. The van der Waals surface area contributed by atoms with Crippen molar-refractivity contribution in [3.8, 4) is 0 Å². The van der Waals surface area contributed by atoms with Gasteiger partial charge in [-0.1, -0.05) is 79.9 Å². The van der Waals surface area contributed by atoms with E-state index in [1.165, 1.54) is 31.0 Å². The predicted octanol–water partition coefficient (Wildman–Crippen LogP) is 6.18. The fraction of sp³-hybridized carbons (Fsp3) is 0.250. The SMILES string of the molecule is O=C1/C(=C\C=C\c2ccccc2)SC(=Nc2ccccc2)N1C1CCCCC1. The molecule has 142 valence electrons. The molecule has 2 aliphatic rings. The minimum absolute atomic E-state index is 0.0873. The molecule has 2 aromatic rings. The number of aliphatic imine (C=N–C) groups is 1. The molecule has 1 amide bonds. The van der Waals surface area contributed by atoms with Crippen LogP contribution in [0.25, 0.3) is 6.08 Å². The van der Waals surface area contributed by atoms with Crippen molar-refractivity contribution >= 4 is 34.6 Å². The average Bonchev–Trinajstić information content (AvgIpc) is 3.05. The van der Waals surface area contributed by atoms with Crippen molar-refractivity contribution < 1.29 is 4.79 Å². The van der Waals surface area contributed by atoms with Crippen LogP contribution in [0.15, 0.2) is 82.7 Å². The maximum absolute atomic E-state index is 13.2. The van der Waals surface area contributed by atoms with E-state index in [-0.39, 0.29) is 11.9 Å². The Morgan fingerprint density at radius 2 is 1.61 bits per heavy atom. The molecular weight excluding hydrogens is 364 g/mol. The average molecular weight is 389 g/mol. The molecular formula is C24H24N2OS. The fourth-order valence-corrected chi connectivity index (χ4v) is 4.67. The van der Waals surface area contributed by atoms with Gasteiger partial charge in [-0.2, -0.15) is 0 Å². The third kappa shape index (κ3) is 4.45. The van der Waals surface area contributed by atoms with Crippen molar-refractivity contribution in [2.24, 2.45) is 4.99 Å². The van der Waals surface area contributed by atoms with Gasteiger partial charge in [-0.3, -0.25) is 9.69 Å². The van der Waals surface area contributed by atoms with E-state index in [2.05, 4.69) is 12.1 Å². The Kier molecular flexibility index (Phi) is 6.07.